The Labute approximate surface area is 188 Å². The van der Waals surface area contributed by atoms with Gasteiger partial charge in [0.15, 0.2) is 17.4 Å². The summed E-state index contributed by atoms with van der Waals surface area (Å²) < 4.78 is 10.7. The Bertz CT molecular complexity index is 1050. The zero-order valence-corrected chi connectivity index (χ0v) is 18.9. The van der Waals surface area contributed by atoms with Crippen LogP contribution in [0.4, 0.5) is 5.82 Å². The van der Waals surface area contributed by atoms with Crippen molar-refractivity contribution in [1.29, 1.82) is 0 Å². The van der Waals surface area contributed by atoms with Gasteiger partial charge in [-0.3, -0.25) is 4.98 Å². The van der Waals surface area contributed by atoms with Crippen LogP contribution in [0.1, 0.15) is 23.5 Å². The average Bonchev–Trinajstić information content (AvgIpc) is 2.72. The lowest BCUT2D eigenvalue weighted by molar-refractivity contribution is -0.182. The van der Waals surface area contributed by atoms with Crippen LogP contribution in [0.25, 0.3) is 22.4 Å². The number of hydrogen-bond acceptors (Lipinski definition) is 8. The van der Waals surface area contributed by atoms with Crippen LogP contribution in [0, 0.1) is 0 Å². The first-order valence-electron chi connectivity index (χ1n) is 9.64. The summed E-state index contributed by atoms with van der Waals surface area (Å²) in [5, 5.41) is 19.9. The third-order valence-electron chi connectivity index (χ3n) is 4.61. The number of halogens is 1. The van der Waals surface area contributed by atoms with Gasteiger partial charge in [-0.05, 0) is 54.6 Å². The molecule has 30 heavy (non-hydrogen) atoms. The normalized spacial score (nSPS) is 16.1. The number of hydrogen-bond donors (Lipinski definition) is 2. The Morgan fingerprint density at radius 3 is 2.67 bits per heavy atom. The highest BCUT2D eigenvalue weighted by atomic mass is 127. The number of phenols is 1. The Balaban J connectivity index is 1.83. The summed E-state index contributed by atoms with van der Waals surface area (Å²) in [6, 6.07) is 8.78. The second kappa shape index (κ2) is 8.58. The molecular weight excluding hydrogens is 499 g/mol. The Hall–Kier alpha value is -2.08. The molecule has 0 spiro atoms. The van der Waals surface area contributed by atoms with Crippen molar-refractivity contribution < 1.29 is 19.7 Å². The fourth-order valence-corrected chi connectivity index (χ4v) is 4.20. The standard InChI is InChI=1S/C21H23IN4O4/c1-21(2,28)30-18(22)14-11-16-17(23-12-14)20(26-6-8-29-9-7-26)25-19(24-16)13-4-3-5-15(27)10-13/h3-5,10-12,18,27-28H,6-9H2,1-2H3. The lowest BCUT2D eigenvalue weighted by atomic mass is 10.2. The zero-order chi connectivity index (χ0) is 21.3. The van der Waals surface area contributed by atoms with Crippen LogP contribution >= 0.6 is 22.6 Å². The lowest BCUT2D eigenvalue weighted by Crippen LogP contribution is -2.37. The molecule has 1 aliphatic rings. The summed E-state index contributed by atoms with van der Waals surface area (Å²) in [5.41, 5.74) is 2.87. The van der Waals surface area contributed by atoms with Gasteiger partial charge < -0.3 is 24.6 Å². The van der Waals surface area contributed by atoms with E-state index in [9.17, 15) is 10.2 Å². The maximum Gasteiger partial charge on any atom is 0.162 e. The van der Waals surface area contributed by atoms with E-state index in [4.69, 9.17) is 19.4 Å². The van der Waals surface area contributed by atoms with Crippen LogP contribution in [0.15, 0.2) is 36.5 Å². The smallest absolute Gasteiger partial charge is 0.162 e. The maximum absolute atomic E-state index is 9.98. The van der Waals surface area contributed by atoms with Crippen molar-refractivity contribution in [2.24, 2.45) is 0 Å². The second-order valence-electron chi connectivity index (χ2n) is 7.54. The third-order valence-corrected chi connectivity index (χ3v) is 5.58. The minimum atomic E-state index is -1.27. The number of rotatable bonds is 5. The molecule has 0 radical (unpaired) electrons. The number of pyridine rings is 1. The van der Waals surface area contributed by atoms with Gasteiger partial charge in [-0.2, -0.15) is 0 Å². The van der Waals surface area contributed by atoms with E-state index in [1.807, 2.05) is 12.1 Å². The van der Waals surface area contributed by atoms with E-state index in [-0.39, 0.29) is 5.75 Å². The molecule has 8 nitrogen and oxygen atoms in total. The molecule has 3 aromatic rings. The van der Waals surface area contributed by atoms with Crippen LogP contribution in [0.3, 0.4) is 0 Å². The molecule has 1 saturated heterocycles. The Morgan fingerprint density at radius 1 is 1.20 bits per heavy atom. The first-order valence-corrected chi connectivity index (χ1v) is 10.9. The van der Waals surface area contributed by atoms with Gasteiger partial charge in [-0.15, -0.1) is 0 Å². The number of aromatic hydroxyl groups is 1. The van der Waals surface area contributed by atoms with Crippen LogP contribution in [-0.2, 0) is 9.47 Å². The molecule has 1 aromatic carbocycles. The Morgan fingerprint density at radius 2 is 1.97 bits per heavy atom. The van der Waals surface area contributed by atoms with E-state index in [1.54, 1.807) is 38.2 Å². The summed E-state index contributed by atoms with van der Waals surface area (Å²) in [5.74, 6) is 0.133. The van der Waals surface area contributed by atoms with Gasteiger partial charge in [0.25, 0.3) is 0 Å². The van der Waals surface area contributed by atoms with Crippen LogP contribution in [0.5, 0.6) is 5.75 Å². The van der Waals surface area contributed by atoms with Crippen LogP contribution in [-0.4, -0.2) is 57.3 Å². The van der Waals surface area contributed by atoms with Crippen molar-refractivity contribution in [3.05, 3.63) is 42.1 Å². The van der Waals surface area contributed by atoms with E-state index in [2.05, 4.69) is 32.5 Å². The van der Waals surface area contributed by atoms with E-state index >= 15 is 0 Å². The summed E-state index contributed by atoms with van der Waals surface area (Å²) in [6.07, 6.45) is 1.73. The first-order chi connectivity index (χ1) is 14.3. The molecule has 1 atom stereocenters. The van der Waals surface area contributed by atoms with Gasteiger partial charge in [0.05, 0.1) is 18.7 Å². The van der Waals surface area contributed by atoms with E-state index in [1.165, 1.54) is 0 Å². The molecule has 2 N–H and O–H groups in total. The molecule has 4 rings (SSSR count). The number of benzene rings is 1. The molecular formula is C21H23IN4O4. The van der Waals surface area contributed by atoms with Crippen molar-refractivity contribution in [3.8, 4) is 17.1 Å². The number of aliphatic hydroxyl groups is 1. The van der Waals surface area contributed by atoms with Gasteiger partial charge in [0.2, 0.25) is 0 Å². The largest absolute Gasteiger partial charge is 0.508 e. The molecule has 9 heteroatoms. The third kappa shape index (κ3) is 4.80. The number of anilines is 1. The molecule has 158 valence electrons. The number of nitrogens with zero attached hydrogens (tertiary/aromatic N) is 4. The highest BCUT2D eigenvalue weighted by Crippen LogP contribution is 2.33. The summed E-state index contributed by atoms with van der Waals surface area (Å²) in [7, 11) is 0. The first kappa shape index (κ1) is 21.2. The van der Waals surface area contributed by atoms with Gasteiger partial charge in [0.1, 0.15) is 15.4 Å². The van der Waals surface area contributed by atoms with Crippen molar-refractivity contribution in [1.82, 2.24) is 15.0 Å². The number of morpholine rings is 1. The summed E-state index contributed by atoms with van der Waals surface area (Å²) in [4.78, 5) is 16.3. The van der Waals surface area contributed by atoms with Gasteiger partial charge in [-0.1, -0.05) is 12.1 Å². The topological polar surface area (TPSA) is 101 Å². The van der Waals surface area contributed by atoms with Crippen molar-refractivity contribution >= 4 is 39.4 Å². The predicted octanol–water partition coefficient (Wildman–Crippen LogP) is 3.41. The summed E-state index contributed by atoms with van der Waals surface area (Å²) in [6.45, 7) is 5.86. The fraction of sp³-hybridized carbons (Fsp3) is 0.381. The number of phenolic OH excluding ortho intramolecular Hbond substituents is 1. The van der Waals surface area contributed by atoms with Gasteiger partial charge >= 0.3 is 0 Å². The molecule has 1 aliphatic heterocycles. The number of aromatic nitrogens is 3. The fourth-order valence-electron chi connectivity index (χ4n) is 3.23. The number of ether oxygens (including phenoxy) is 2. The monoisotopic (exact) mass is 522 g/mol. The van der Waals surface area contributed by atoms with Gasteiger partial charge in [0, 0.05) is 30.4 Å². The predicted molar refractivity (Wildman–Crippen MR) is 122 cm³/mol. The second-order valence-corrected chi connectivity index (χ2v) is 8.67. The summed E-state index contributed by atoms with van der Waals surface area (Å²) >= 11 is 2.12. The molecule has 0 bridgehead atoms. The van der Waals surface area contributed by atoms with E-state index < -0.39 is 9.90 Å². The van der Waals surface area contributed by atoms with Crippen LogP contribution in [0.2, 0.25) is 0 Å². The molecule has 0 saturated carbocycles. The highest BCUT2D eigenvalue weighted by molar-refractivity contribution is 14.1. The highest BCUT2D eigenvalue weighted by Gasteiger charge is 2.23. The maximum atomic E-state index is 9.98. The number of alkyl halides is 1. The van der Waals surface area contributed by atoms with Crippen molar-refractivity contribution in [3.63, 3.8) is 0 Å². The molecule has 2 aromatic heterocycles. The SMILES string of the molecule is CC(C)(O)OC(I)c1cnc2c(N3CCOCC3)nc(-c3cccc(O)c3)nc2c1. The van der Waals surface area contributed by atoms with E-state index in [0.29, 0.717) is 43.2 Å². The average molecular weight is 522 g/mol. The van der Waals surface area contributed by atoms with Gasteiger partial charge in [-0.25, -0.2) is 9.97 Å². The molecule has 1 fully saturated rings. The molecule has 0 aliphatic carbocycles. The minimum absolute atomic E-state index is 0.155. The lowest BCUT2D eigenvalue weighted by Gasteiger charge is -2.28. The van der Waals surface area contributed by atoms with Crippen LogP contribution < -0.4 is 4.90 Å². The zero-order valence-electron chi connectivity index (χ0n) is 16.7. The van der Waals surface area contributed by atoms with Crippen molar-refractivity contribution in [2.45, 2.75) is 23.7 Å². The minimum Gasteiger partial charge on any atom is -0.508 e. The number of fused-ring (bicyclic) bond motifs is 1. The molecule has 1 unspecified atom stereocenters. The quantitative estimate of drug-likeness (QED) is 0.299. The van der Waals surface area contributed by atoms with E-state index in [0.717, 1.165) is 16.9 Å². The Kier molecular flexibility index (Phi) is 6.05. The van der Waals surface area contributed by atoms with Crippen molar-refractivity contribution in [2.75, 3.05) is 31.2 Å². The molecule has 0 amide bonds. The molecule has 3 heterocycles.